The SMILES string of the molecule is C=CCN(CCN1CCOCC1)C(=O)C1N(CCCO)C(=O)[C@@H]2[C@H](C(=O)OCC)[C@]3(CC)CCC12O3. The Morgan fingerprint density at radius 2 is 2.00 bits per heavy atom. The van der Waals surface area contributed by atoms with E-state index in [1.54, 1.807) is 22.8 Å². The van der Waals surface area contributed by atoms with E-state index in [-0.39, 0.29) is 31.6 Å². The van der Waals surface area contributed by atoms with Crippen LogP contribution in [0.4, 0.5) is 0 Å². The van der Waals surface area contributed by atoms with E-state index in [4.69, 9.17) is 14.2 Å². The molecule has 36 heavy (non-hydrogen) atoms. The molecular weight excluding hydrogens is 466 g/mol. The van der Waals surface area contributed by atoms with Gasteiger partial charge in [0.1, 0.15) is 17.6 Å². The lowest BCUT2D eigenvalue weighted by atomic mass is 9.65. The Hall–Kier alpha value is -2.01. The maximum absolute atomic E-state index is 14.2. The van der Waals surface area contributed by atoms with Crippen molar-refractivity contribution in [1.29, 1.82) is 0 Å². The van der Waals surface area contributed by atoms with Crippen molar-refractivity contribution >= 4 is 17.8 Å². The molecule has 2 amide bonds. The number of rotatable bonds is 12. The molecule has 1 N–H and O–H groups in total. The lowest BCUT2D eigenvalue weighted by Crippen LogP contribution is -2.57. The van der Waals surface area contributed by atoms with Crippen LogP contribution in [0.15, 0.2) is 12.7 Å². The highest BCUT2D eigenvalue weighted by Gasteiger charge is 2.79. The smallest absolute Gasteiger partial charge is 0.312 e. The number of aliphatic hydroxyl groups excluding tert-OH is 1. The van der Waals surface area contributed by atoms with Crippen LogP contribution in [0, 0.1) is 11.8 Å². The number of carbonyl (C=O) groups is 3. The topological polar surface area (TPSA) is 109 Å². The molecule has 4 saturated heterocycles. The van der Waals surface area contributed by atoms with Crippen molar-refractivity contribution in [2.45, 2.75) is 56.8 Å². The van der Waals surface area contributed by atoms with E-state index in [1.165, 1.54) is 0 Å². The fourth-order valence-corrected chi connectivity index (χ4v) is 6.78. The van der Waals surface area contributed by atoms with E-state index in [1.807, 2.05) is 6.92 Å². The molecule has 4 rings (SSSR count). The van der Waals surface area contributed by atoms with Crippen molar-refractivity contribution in [1.82, 2.24) is 14.7 Å². The molecule has 1 spiro atoms. The molecule has 0 saturated carbocycles. The Morgan fingerprint density at radius 1 is 1.25 bits per heavy atom. The van der Waals surface area contributed by atoms with Gasteiger partial charge in [-0.2, -0.15) is 0 Å². The summed E-state index contributed by atoms with van der Waals surface area (Å²) in [6, 6.07) is -0.848. The van der Waals surface area contributed by atoms with Gasteiger partial charge in [-0.1, -0.05) is 13.0 Å². The first-order valence-corrected chi connectivity index (χ1v) is 13.4. The van der Waals surface area contributed by atoms with E-state index < -0.39 is 35.0 Å². The maximum atomic E-state index is 14.2. The fraction of sp³-hybridized carbons (Fsp3) is 0.808. The number of esters is 1. The first-order valence-electron chi connectivity index (χ1n) is 13.4. The van der Waals surface area contributed by atoms with Gasteiger partial charge in [-0.15, -0.1) is 6.58 Å². The molecule has 0 aromatic rings. The summed E-state index contributed by atoms with van der Waals surface area (Å²) < 4.78 is 17.6. The first-order chi connectivity index (χ1) is 17.4. The summed E-state index contributed by atoms with van der Waals surface area (Å²) in [5.41, 5.74) is -1.87. The number of hydrogen-bond donors (Lipinski definition) is 1. The van der Waals surface area contributed by atoms with Crippen LogP contribution in [-0.4, -0.2) is 121 Å². The van der Waals surface area contributed by atoms with Crippen molar-refractivity contribution in [3.8, 4) is 0 Å². The highest BCUT2D eigenvalue weighted by atomic mass is 16.6. The van der Waals surface area contributed by atoms with Crippen LogP contribution < -0.4 is 0 Å². The summed E-state index contributed by atoms with van der Waals surface area (Å²) in [7, 11) is 0. The third-order valence-electron chi connectivity index (χ3n) is 8.46. The second-order valence-corrected chi connectivity index (χ2v) is 10.2. The average molecular weight is 508 g/mol. The van der Waals surface area contributed by atoms with E-state index in [9.17, 15) is 19.5 Å². The Labute approximate surface area is 213 Å². The van der Waals surface area contributed by atoms with Gasteiger partial charge in [0.05, 0.1) is 31.3 Å². The average Bonchev–Trinajstić information content (AvgIpc) is 3.49. The van der Waals surface area contributed by atoms with Gasteiger partial charge in [0, 0.05) is 45.9 Å². The quantitative estimate of drug-likeness (QED) is 0.299. The maximum Gasteiger partial charge on any atom is 0.312 e. The summed E-state index contributed by atoms with van der Waals surface area (Å²) in [6.45, 7) is 12.4. The predicted molar refractivity (Wildman–Crippen MR) is 131 cm³/mol. The number of likely N-dealkylation sites (tertiary alicyclic amines) is 1. The Balaban J connectivity index is 1.66. The lowest BCUT2D eigenvalue weighted by molar-refractivity contribution is -0.161. The van der Waals surface area contributed by atoms with Crippen molar-refractivity contribution in [3.05, 3.63) is 12.7 Å². The zero-order valence-electron chi connectivity index (χ0n) is 21.7. The molecule has 10 nitrogen and oxygen atoms in total. The van der Waals surface area contributed by atoms with Crippen LogP contribution in [0.5, 0.6) is 0 Å². The Morgan fingerprint density at radius 3 is 2.64 bits per heavy atom. The minimum atomic E-state index is -1.07. The van der Waals surface area contributed by atoms with Gasteiger partial charge in [0.25, 0.3) is 0 Å². The molecule has 2 unspecified atom stereocenters. The standard InChI is InChI=1S/C26H41N3O7/c1-4-10-28(13-12-27-14-17-34-18-15-27)23(32)21-26-9-8-25(5-2,36-26)20(24(33)35-6-3)19(26)22(31)29(21)11-7-16-30/h4,19-21,30H,1,5-18H2,2-3H3/t19-,20+,21?,25-,26?/m0/s1. The number of hydrogen-bond acceptors (Lipinski definition) is 8. The van der Waals surface area contributed by atoms with Crippen molar-refractivity contribution in [2.24, 2.45) is 11.8 Å². The minimum Gasteiger partial charge on any atom is -0.466 e. The molecule has 0 aromatic heterocycles. The fourth-order valence-electron chi connectivity index (χ4n) is 6.78. The summed E-state index contributed by atoms with van der Waals surface area (Å²) in [4.78, 5) is 46.9. The van der Waals surface area contributed by atoms with Crippen LogP contribution in [0.1, 0.15) is 39.5 Å². The molecular formula is C26H41N3O7. The number of fused-ring (bicyclic) bond motifs is 1. The summed E-state index contributed by atoms with van der Waals surface area (Å²) >= 11 is 0. The Kier molecular flexibility index (Phi) is 8.38. The van der Waals surface area contributed by atoms with Gasteiger partial charge in [0.2, 0.25) is 11.8 Å². The van der Waals surface area contributed by atoms with E-state index >= 15 is 0 Å². The number of aliphatic hydroxyl groups is 1. The number of morpholine rings is 1. The zero-order valence-corrected chi connectivity index (χ0v) is 21.7. The van der Waals surface area contributed by atoms with Gasteiger partial charge in [-0.3, -0.25) is 19.3 Å². The first kappa shape index (κ1) is 27.0. The molecule has 0 radical (unpaired) electrons. The largest absolute Gasteiger partial charge is 0.466 e. The normalized spacial score (nSPS) is 33.6. The summed E-state index contributed by atoms with van der Waals surface area (Å²) in [5.74, 6) is -2.36. The predicted octanol–water partition coefficient (Wildman–Crippen LogP) is 0.434. The molecule has 10 heteroatoms. The van der Waals surface area contributed by atoms with Crippen molar-refractivity contribution in [2.75, 3.05) is 65.7 Å². The Bertz CT molecular complexity index is 847. The minimum absolute atomic E-state index is 0.100. The molecule has 5 atom stereocenters. The molecule has 2 bridgehead atoms. The van der Waals surface area contributed by atoms with E-state index in [2.05, 4.69) is 11.5 Å². The van der Waals surface area contributed by atoms with Crippen LogP contribution in [0.2, 0.25) is 0 Å². The zero-order chi connectivity index (χ0) is 25.9. The van der Waals surface area contributed by atoms with Crippen LogP contribution in [-0.2, 0) is 28.6 Å². The van der Waals surface area contributed by atoms with Crippen LogP contribution >= 0.6 is 0 Å². The summed E-state index contributed by atoms with van der Waals surface area (Å²) in [5, 5.41) is 9.51. The number of nitrogens with zero attached hydrogens (tertiary/aromatic N) is 3. The number of carbonyl (C=O) groups excluding carboxylic acids is 3. The van der Waals surface area contributed by atoms with Gasteiger partial charge in [0.15, 0.2) is 0 Å². The highest BCUT2D eigenvalue weighted by Crippen LogP contribution is 2.64. The van der Waals surface area contributed by atoms with Crippen molar-refractivity contribution in [3.63, 3.8) is 0 Å². The van der Waals surface area contributed by atoms with Gasteiger partial charge in [-0.25, -0.2) is 0 Å². The second kappa shape index (κ2) is 11.2. The van der Waals surface area contributed by atoms with Gasteiger partial charge in [-0.05, 0) is 32.6 Å². The van der Waals surface area contributed by atoms with Crippen LogP contribution in [0.25, 0.3) is 0 Å². The molecule has 4 aliphatic heterocycles. The molecule has 202 valence electrons. The van der Waals surface area contributed by atoms with E-state index in [0.717, 1.165) is 13.1 Å². The highest BCUT2D eigenvalue weighted by molar-refractivity contribution is 5.98. The molecule has 4 aliphatic rings. The lowest BCUT2D eigenvalue weighted by Gasteiger charge is -2.37. The third kappa shape index (κ3) is 4.46. The molecule has 0 aliphatic carbocycles. The summed E-state index contributed by atoms with van der Waals surface area (Å²) in [6.07, 6.45) is 3.74. The number of ether oxygens (including phenoxy) is 3. The molecule has 4 heterocycles. The van der Waals surface area contributed by atoms with Crippen molar-refractivity contribution < 1.29 is 33.7 Å². The van der Waals surface area contributed by atoms with E-state index in [0.29, 0.717) is 58.5 Å². The van der Waals surface area contributed by atoms with Crippen LogP contribution in [0.3, 0.4) is 0 Å². The monoisotopic (exact) mass is 507 g/mol. The second-order valence-electron chi connectivity index (χ2n) is 10.2. The molecule has 4 fully saturated rings. The molecule has 0 aromatic carbocycles. The third-order valence-corrected chi connectivity index (χ3v) is 8.46. The van der Waals surface area contributed by atoms with Gasteiger partial charge >= 0.3 is 5.97 Å². The number of amides is 2. The van der Waals surface area contributed by atoms with Gasteiger partial charge < -0.3 is 29.1 Å².